The summed E-state index contributed by atoms with van der Waals surface area (Å²) in [5.74, 6) is 0.383. The largest absolute Gasteiger partial charge is 0.394 e. The molecule has 0 saturated carbocycles. The smallest absolute Gasteiger partial charge is 0.217 e. The average molecular weight is 403 g/mol. The third kappa shape index (κ3) is 5.87. The maximum atomic E-state index is 13.2. The number of aliphatic hydroxyl groups is 1. The van der Waals surface area contributed by atoms with Crippen molar-refractivity contribution in [2.24, 2.45) is 15.7 Å². The van der Waals surface area contributed by atoms with Crippen LogP contribution in [-0.2, 0) is 6.54 Å². The number of benzene rings is 1. The number of aromatic nitrogens is 2. The number of halogens is 1. The van der Waals surface area contributed by atoms with Crippen molar-refractivity contribution in [3.05, 3.63) is 53.4 Å². The van der Waals surface area contributed by atoms with Crippen molar-refractivity contribution in [1.29, 1.82) is 0 Å². The summed E-state index contributed by atoms with van der Waals surface area (Å²) < 4.78 is 15.3. The Hall–Kier alpha value is -2.74. The third-order valence-corrected chi connectivity index (χ3v) is 4.72. The lowest BCUT2D eigenvalue weighted by Gasteiger charge is -2.21. The number of rotatable bonds is 7. The predicted octanol–water partition coefficient (Wildman–Crippen LogP) is 2.88. The molecular formula is C21H31FN6O. The monoisotopic (exact) mass is 402 g/mol. The molecular weight excluding hydrogens is 371 g/mol. The van der Waals surface area contributed by atoms with Gasteiger partial charge < -0.3 is 20.3 Å². The van der Waals surface area contributed by atoms with Crippen molar-refractivity contribution in [2.45, 2.75) is 52.7 Å². The van der Waals surface area contributed by atoms with Gasteiger partial charge in [-0.2, -0.15) is 4.99 Å². The molecule has 0 spiro atoms. The molecule has 29 heavy (non-hydrogen) atoms. The first-order valence-electron chi connectivity index (χ1n) is 9.78. The fourth-order valence-corrected chi connectivity index (χ4v) is 3.01. The molecule has 7 nitrogen and oxygen atoms in total. The molecule has 1 aromatic heterocycles. The Kier molecular flexibility index (Phi) is 7.90. The summed E-state index contributed by atoms with van der Waals surface area (Å²) in [4.78, 5) is 15.3. The molecule has 8 heteroatoms. The summed E-state index contributed by atoms with van der Waals surface area (Å²) in [5.41, 5.74) is 8.67. The van der Waals surface area contributed by atoms with Crippen LogP contribution in [0.1, 0.15) is 50.2 Å². The number of aliphatic imine (C=N–C) groups is 2. The van der Waals surface area contributed by atoms with Crippen molar-refractivity contribution in [2.75, 3.05) is 13.7 Å². The van der Waals surface area contributed by atoms with Crippen LogP contribution < -0.4 is 5.73 Å². The Balaban J connectivity index is 2.44. The summed E-state index contributed by atoms with van der Waals surface area (Å²) in [6.45, 7) is 8.49. The fraction of sp³-hybridized carbons (Fsp3) is 0.476. The van der Waals surface area contributed by atoms with Gasteiger partial charge in [-0.05, 0) is 44.9 Å². The minimum atomic E-state index is -0.295. The van der Waals surface area contributed by atoms with E-state index >= 15 is 0 Å². The van der Waals surface area contributed by atoms with E-state index in [2.05, 4.69) is 33.4 Å². The predicted molar refractivity (Wildman–Crippen MR) is 115 cm³/mol. The molecule has 0 aliphatic carbocycles. The van der Waals surface area contributed by atoms with Gasteiger partial charge in [0.2, 0.25) is 5.96 Å². The third-order valence-electron chi connectivity index (χ3n) is 4.72. The normalized spacial score (nSPS) is 13.8. The number of amidine groups is 1. The molecule has 0 unspecified atom stereocenters. The van der Waals surface area contributed by atoms with Crippen LogP contribution in [0, 0.1) is 12.7 Å². The summed E-state index contributed by atoms with van der Waals surface area (Å²) in [5, 5.41) is 9.39. The van der Waals surface area contributed by atoms with E-state index in [1.165, 1.54) is 12.1 Å². The molecule has 0 bridgehead atoms. The van der Waals surface area contributed by atoms with Crippen LogP contribution in [0.15, 0.2) is 40.6 Å². The van der Waals surface area contributed by atoms with Crippen LogP contribution in [0.2, 0.25) is 0 Å². The lowest BCUT2D eigenvalue weighted by Crippen LogP contribution is -2.31. The highest BCUT2D eigenvalue weighted by Gasteiger charge is 2.19. The van der Waals surface area contributed by atoms with E-state index < -0.39 is 0 Å². The summed E-state index contributed by atoms with van der Waals surface area (Å²) in [6, 6.07) is 6.30. The van der Waals surface area contributed by atoms with Gasteiger partial charge in [-0.15, -0.1) is 0 Å². The van der Waals surface area contributed by atoms with E-state index in [9.17, 15) is 9.50 Å². The minimum absolute atomic E-state index is 0.0883. The maximum Gasteiger partial charge on any atom is 0.217 e. The Morgan fingerprint density at radius 2 is 1.97 bits per heavy atom. The molecule has 2 rings (SSSR count). The number of nitrogens with two attached hydrogens (primary N) is 1. The number of hydrogen-bond acceptors (Lipinski definition) is 3. The van der Waals surface area contributed by atoms with E-state index in [1.54, 1.807) is 18.5 Å². The molecule has 1 aromatic carbocycles. The standard InChI is InChI=1S/C21H31FN6O/c1-6-18(12-29)25-21(23)26-20(19-15(4)28(13-24-19)14(2)3)27(5)11-16-7-9-17(22)10-8-16/h7-10,13-14,18,29H,6,11-12H2,1-5H3,(H2,23,25)/t18-/m1/s1. The summed E-state index contributed by atoms with van der Waals surface area (Å²) in [6.07, 6.45) is 2.45. The fourth-order valence-electron chi connectivity index (χ4n) is 3.01. The highest BCUT2D eigenvalue weighted by molar-refractivity contribution is 6.04. The number of guanidine groups is 1. The quantitative estimate of drug-likeness (QED) is 0.550. The van der Waals surface area contributed by atoms with E-state index in [4.69, 9.17) is 5.73 Å². The van der Waals surface area contributed by atoms with Crippen LogP contribution >= 0.6 is 0 Å². The van der Waals surface area contributed by atoms with Crippen LogP contribution in [0.5, 0.6) is 0 Å². The molecule has 0 radical (unpaired) electrons. The minimum Gasteiger partial charge on any atom is -0.394 e. The zero-order valence-electron chi connectivity index (χ0n) is 17.8. The van der Waals surface area contributed by atoms with Crippen LogP contribution in [0.4, 0.5) is 4.39 Å². The number of hydrogen-bond donors (Lipinski definition) is 2. The van der Waals surface area contributed by atoms with Gasteiger partial charge in [0.05, 0.1) is 19.0 Å². The van der Waals surface area contributed by atoms with Gasteiger partial charge in [0.1, 0.15) is 11.5 Å². The van der Waals surface area contributed by atoms with Crippen LogP contribution in [-0.4, -0.2) is 51.0 Å². The van der Waals surface area contributed by atoms with Crippen molar-refractivity contribution in [3.63, 3.8) is 0 Å². The first-order valence-corrected chi connectivity index (χ1v) is 9.78. The van der Waals surface area contributed by atoms with Crippen molar-refractivity contribution in [1.82, 2.24) is 14.5 Å². The first kappa shape index (κ1) is 22.5. The van der Waals surface area contributed by atoms with Gasteiger partial charge in [-0.1, -0.05) is 19.1 Å². The second-order valence-corrected chi connectivity index (χ2v) is 7.33. The van der Waals surface area contributed by atoms with Crippen LogP contribution in [0.25, 0.3) is 0 Å². The van der Waals surface area contributed by atoms with E-state index in [1.807, 2.05) is 25.8 Å². The molecule has 1 atom stereocenters. The van der Waals surface area contributed by atoms with Crippen molar-refractivity contribution >= 4 is 11.8 Å². The van der Waals surface area contributed by atoms with Gasteiger partial charge in [0.15, 0.2) is 5.84 Å². The second kappa shape index (κ2) is 10.2. The highest BCUT2D eigenvalue weighted by atomic mass is 19.1. The summed E-state index contributed by atoms with van der Waals surface area (Å²) >= 11 is 0. The topological polar surface area (TPSA) is 92.0 Å². The lowest BCUT2D eigenvalue weighted by molar-refractivity contribution is 0.264. The zero-order chi connectivity index (χ0) is 21.6. The first-order chi connectivity index (χ1) is 13.8. The van der Waals surface area contributed by atoms with Gasteiger partial charge in [-0.3, -0.25) is 0 Å². The van der Waals surface area contributed by atoms with Crippen LogP contribution in [0.3, 0.4) is 0 Å². The molecule has 3 N–H and O–H groups in total. The van der Waals surface area contributed by atoms with Gasteiger partial charge in [0, 0.05) is 25.3 Å². The van der Waals surface area contributed by atoms with Crippen molar-refractivity contribution < 1.29 is 9.50 Å². The molecule has 0 saturated heterocycles. The summed E-state index contributed by atoms with van der Waals surface area (Å²) in [7, 11) is 1.88. The molecule has 0 amide bonds. The SMILES string of the molecule is CC[C@H](CO)N=C(N)N=C(c1ncn(C(C)C)c1C)N(C)Cc1ccc(F)cc1. The maximum absolute atomic E-state index is 13.2. The molecule has 2 aromatic rings. The molecule has 0 aliphatic heterocycles. The molecule has 0 aliphatic rings. The van der Waals surface area contributed by atoms with E-state index in [0.717, 1.165) is 11.3 Å². The highest BCUT2D eigenvalue weighted by Crippen LogP contribution is 2.16. The Labute approximate surface area is 171 Å². The van der Waals surface area contributed by atoms with Gasteiger partial charge in [-0.25, -0.2) is 14.4 Å². The Morgan fingerprint density at radius 3 is 2.48 bits per heavy atom. The Morgan fingerprint density at radius 1 is 1.31 bits per heavy atom. The number of imidazole rings is 1. The molecule has 1 heterocycles. The van der Waals surface area contributed by atoms with Gasteiger partial charge >= 0.3 is 0 Å². The average Bonchev–Trinajstić information content (AvgIpc) is 3.07. The van der Waals surface area contributed by atoms with E-state index in [0.29, 0.717) is 24.5 Å². The zero-order valence-corrected chi connectivity index (χ0v) is 17.8. The van der Waals surface area contributed by atoms with Gasteiger partial charge in [0.25, 0.3) is 0 Å². The van der Waals surface area contributed by atoms with E-state index in [-0.39, 0.29) is 30.5 Å². The molecule has 0 fully saturated rings. The number of aliphatic hydroxyl groups excluding tert-OH is 1. The lowest BCUT2D eigenvalue weighted by atomic mass is 10.2. The molecule has 158 valence electrons. The second-order valence-electron chi connectivity index (χ2n) is 7.33. The Bertz CT molecular complexity index is 853. The van der Waals surface area contributed by atoms with Crippen molar-refractivity contribution in [3.8, 4) is 0 Å². The number of nitrogens with zero attached hydrogens (tertiary/aromatic N) is 5.